The van der Waals surface area contributed by atoms with E-state index >= 15 is 0 Å². The Morgan fingerprint density at radius 3 is 2.89 bits per heavy atom. The lowest BCUT2D eigenvalue weighted by Crippen LogP contribution is -2.42. The minimum Gasteiger partial charge on any atom is -0.395 e. The van der Waals surface area contributed by atoms with Gasteiger partial charge in [0.1, 0.15) is 5.15 Å². The van der Waals surface area contributed by atoms with Crippen LogP contribution in [0.5, 0.6) is 0 Å². The van der Waals surface area contributed by atoms with Gasteiger partial charge in [0.15, 0.2) is 0 Å². The number of aromatic nitrogens is 1. The van der Waals surface area contributed by atoms with Crippen molar-refractivity contribution in [3.05, 3.63) is 29.0 Å². The summed E-state index contributed by atoms with van der Waals surface area (Å²) in [4.78, 5) is 17.5. The van der Waals surface area contributed by atoms with Gasteiger partial charge in [-0.25, -0.2) is 9.78 Å². The molecule has 2 amide bonds. The summed E-state index contributed by atoms with van der Waals surface area (Å²) in [5.74, 6) is 0. The van der Waals surface area contributed by atoms with E-state index < -0.39 is 0 Å². The van der Waals surface area contributed by atoms with Gasteiger partial charge in [-0.3, -0.25) is 0 Å². The molecule has 0 bridgehead atoms. The van der Waals surface area contributed by atoms with Crippen LogP contribution in [0, 0.1) is 0 Å². The largest absolute Gasteiger partial charge is 0.395 e. The fraction of sp³-hybridized carbons (Fsp3) is 0.500. The molecule has 1 aromatic rings. The summed E-state index contributed by atoms with van der Waals surface area (Å²) in [7, 11) is 0. The summed E-state index contributed by atoms with van der Waals surface area (Å²) < 4.78 is 0. The van der Waals surface area contributed by atoms with Crippen molar-refractivity contribution in [2.45, 2.75) is 25.4 Å². The summed E-state index contributed by atoms with van der Waals surface area (Å²) in [5.41, 5.74) is 0.896. The van der Waals surface area contributed by atoms with Crippen LogP contribution in [0.3, 0.4) is 0 Å². The van der Waals surface area contributed by atoms with Crippen LogP contribution < -0.4 is 5.32 Å². The van der Waals surface area contributed by atoms with Gasteiger partial charge in [-0.1, -0.05) is 17.7 Å². The second-order valence-electron chi connectivity index (χ2n) is 4.30. The second kappa shape index (κ2) is 6.02. The molecule has 2 N–H and O–H groups in total. The number of hydrogen-bond donors (Lipinski definition) is 2. The summed E-state index contributed by atoms with van der Waals surface area (Å²) in [5, 5.41) is 12.2. The average Bonchev–Trinajstić information content (AvgIpc) is 3.19. The number of rotatable bonds is 5. The van der Waals surface area contributed by atoms with E-state index in [1.807, 2.05) is 6.07 Å². The van der Waals surface area contributed by atoms with E-state index in [0.717, 1.165) is 18.4 Å². The zero-order valence-electron chi connectivity index (χ0n) is 9.97. The summed E-state index contributed by atoms with van der Waals surface area (Å²) >= 11 is 5.68. The molecule has 1 aliphatic carbocycles. The van der Waals surface area contributed by atoms with Crippen molar-refractivity contribution in [1.82, 2.24) is 15.2 Å². The molecule has 1 fully saturated rings. The van der Waals surface area contributed by atoms with Crippen molar-refractivity contribution in [3.8, 4) is 0 Å². The van der Waals surface area contributed by atoms with Crippen molar-refractivity contribution in [2.24, 2.45) is 0 Å². The minimum atomic E-state index is -0.137. The third kappa shape index (κ3) is 3.58. The van der Waals surface area contributed by atoms with E-state index in [1.165, 1.54) is 0 Å². The maximum absolute atomic E-state index is 11.9. The molecule has 2 rings (SSSR count). The highest BCUT2D eigenvalue weighted by atomic mass is 35.5. The predicted molar refractivity (Wildman–Crippen MR) is 68.3 cm³/mol. The first-order valence-electron chi connectivity index (χ1n) is 5.96. The molecule has 0 spiro atoms. The molecule has 0 aromatic carbocycles. The van der Waals surface area contributed by atoms with Gasteiger partial charge in [-0.05, 0) is 24.5 Å². The summed E-state index contributed by atoms with van der Waals surface area (Å²) in [6.07, 6.45) is 3.68. The van der Waals surface area contributed by atoms with E-state index in [0.29, 0.717) is 24.3 Å². The van der Waals surface area contributed by atoms with Crippen LogP contribution in [0.4, 0.5) is 4.79 Å². The number of carbonyl (C=O) groups is 1. The molecule has 0 saturated heterocycles. The Balaban J connectivity index is 1.84. The molecule has 1 aromatic heterocycles. The van der Waals surface area contributed by atoms with Crippen LogP contribution in [0.2, 0.25) is 5.15 Å². The highest BCUT2D eigenvalue weighted by Crippen LogP contribution is 2.26. The number of aliphatic hydroxyl groups is 1. The topological polar surface area (TPSA) is 65.5 Å². The molecule has 18 heavy (non-hydrogen) atoms. The normalized spacial score (nSPS) is 14.3. The molecule has 1 heterocycles. The zero-order valence-corrected chi connectivity index (χ0v) is 10.7. The fourth-order valence-electron chi connectivity index (χ4n) is 1.73. The van der Waals surface area contributed by atoms with Crippen molar-refractivity contribution in [3.63, 3.8) is 0 Å². The summed E-state index contributed by atoms with van der Waals surface area (Å²) in [6.45, 7) is 0.791. The number of nitrogens with zero attached hydrogens (tertiary/aromatic N) is 2. The van der Waals surface area contributed by atoms with Gasteiger partial charge < -0.3 is 15.3 Å². The van der Waals surface area contributed by atoms with Crippen LogP contribution in [0.15, 0.2) is 18.3 Å². The number of hydrogen-bond acceptors (Lipinski definition) is 3. The second-order valence-corrected chi connectivity index (χ2v) is 4.68. The number of aliphatic hydroxyl groups excluding tert-OH is 1. The Labute approximate surface area is 111 Å². The third-order valence-electron chi connectivity index (χ3n) is 2.82. The lowest BCUT2D eigenvalue weighted by Gasteiger charge is -2.21. The van der Waals surface area contributed by atoms with Gasteiger partial charge in [0.05, 0.1) is 6.61 Å². The van der Waals surface area contributed by atoms with Gasteiger partial charge in [-0.2, -0.15) is 0 Å². The Kier molecular flexibility index (Phi) is 4.38. The van der Waals surface area contributed by atoms with Crippen molar-refractivity contribution >= 4 is 17.6 Å². The Morgan fingerprint density at radius 1 is 1.56 bits per heavy atom. The quantitative estimate of drug-likeness (QED) is 0.794. The first-order valence-corrected chi connectivity index (χ1v) is 6.34. The maximum Gasteiger partial charge on any atom is 0.317 e. The van der Waals surface area contributed by atoms with E-state index in [-0.39, 0.29) is 12.6 Å². The smallest absolute Gasteiger partial charge is 0.317 e. The molecule has 0 unspecified atom stereocenters. The van der Waals surface area contributed by atoms with Crippen LogP contribution in [-0.2, 0) is 6.54 Å². The molecule has 0 radical (unpaired) electrons. The maximum atomic E-state index is 11.9. The van der Waals surface area contributed by atoms with Crippen LogP contribution in [0.25, 0.3) is 0 Å². The van der Waals surface area contributed by atoms with Gasteiger partial charge in [-0.15, -0.1) is 0 Å². The highest BCUT2D eigenvalue weighted by molar-refractivity contribution is 6.29. The molecule has 1 saturated carbocycles. The molecule has 0 aliphatic heterocycles. The first kappa shape index (κ1) is 13.1. The Hall–Kier alpha value is -1.33. The number of halogens is 1. The van der Waals surface area contributed by atoms with E-state index in [1.54, 1.807) is 17.2 Å². The third-order valence-corrected chi connectivity index (χ3v) is 3.05. The number of carbonyl (C=O) groups excluding carboxylic acids is 1. The van der Waals surface area contributed by atoms with Crippen LogP contribution in [0.1, 0.15) is 18.4 Å². The lowest BCUT2D eigenvalue weighted by molar-refractivity contribution is 0.173. The van der Waals surface area contributed by atoms with Crippen molar-refractivity contribution in [2.75, 3.05) is 13.2 Å². The SMILES string of the molecule is O=C(NCc1ccc(Cl)nc1)N(CCO)C1CC1. The number of nitrogens with one attached hydrogen (secondary N) is 1. The lowest BCUT2D eigenvalue weighted by atomic mass is 10.3. The van der Waals surface area contributed by atoms with Gasteiger partial charge >= 0.3 is 6.03 Å². The Bertz CT molecular complexity index is 406. The van der Waals surface area contributed by atoms with Gasteiger partial charge in [0, 0.05) is 25.3 Å². The monoisotopic (exact) mass is 269 g/mol. The first-order chi connectivity index (χ1) is 8.70. The van der Waals surface area contributed by atoms with E-state index in [9.17, 15) is 4.79 Å². The van der Waals surface area contributed by atoms with Crippen molar-refractivity contribution < 1.29 is 9.90 Å². The average molecular weight is 270 g/mol. The summed E-state index contributed by atoms with van der Waals surface area (Å²) in [6, 6.07) is 3.67. The number of amides is 2. The molecule has 0 atom stereocenters. The molecular formula is C12H16ClN3O2. The van der Waals surface area contributed by atoms with E-state index in [2.05, 4.69) is 10.3 Å². The minimum absolute atomic E-state index is 0.00752. The molecule has 98 valence electrons. The molecule has 1 aliphatic rings. The number of urea groups is 1. The van der Waals surface area contributed by atoms with Gasteiger partial charge in [0.25, 0.3) is 0 Å². The van der Waals surface area contributed by atoms with Crippen LogP contribution in [-0.4, -0.2) is 40.2 Å². The van der Waals surface area contributed by atoms with Crippen molar-refractivity contribution in [1.29, 1.82) is 0 Å². The van der Waals surface area contributed by atoms with E-state index in [4.69, 9.17) is 16.7 Å². The highest BCUT2D eigenvalue weighted by Gasteiger charge is 2.31. The zero-order chi connectivity index (χ0) is 13.0. The molecule has 5 nitrogen and oxygen atoms in total. The van der Waals surface area contributed by atoms with Crippen LogP contribution >= 0.6 is 11.6 Å². The standard InChI is InChI=1S/C12H16ClN3O2/c13-11-4-1-9(7-14-11)8-15-12(18)16(5-6-17)10-2-3-10/h1,4,7,10,17H,2-3,5-6,8H2,(H,15,18). The van der Waals surface area contributed by atoms with Gasteiger partial charge in [0.2, 0.25) is 0 Å². The fourth-order valence-corrected chi connectivity index (χ4v) is 1.85. The predicted octanol–water partition coefficient (Wildman–Crippen LogP) is 1.40. The Morgan fingerprint density at radius 2 is 2.33 bits per heavy atom. The molecule has 6 heteroatoms. The number of pyridine rings is 1. The molecular weight excluding hydrogens is 254 g/mol.